The number of anilines is 2. The van der Waals surface area contributed by atoms with Gasteiger partial charge in [0.15, 0.2) is 0 Å². The van der Waals surface area contributed by atoms with Gasteiger partial charge in [0.25, 0.3) is 5.56 Å². The number of aromatic nitrogens is 2. The molecule has 0 aliphatic rings. The molecule has 9 nitrogen and oxygen atoms in total. The second kappa shape index (κ2) is 6.82. The van der Waals surface area contributed by atoms with E-state index in [4.69, 9.17) is 5.11 Å². The molecule has 1 aromatic heterocycles. The molecule has 0 saturated heterocycles. The summed E-state index contributed by atoms with van der Waals surface area (Å²) in [5, 5.41) is 14.0. The van der Waals surface area contributed by atoms with Gasteiger partial charge in [0.1, 0.15) is 5.69 Å². The molecule has 0 radical (unpaired) electrons. The number of rotatable bonds is 5. The van der Waals surface area contributed by atoms with Crippen molar-refractivity contribution in [2.45, 2.75) is 0 Å². The first kappa shape index (κ1) is 17.0. The Bertz CT molecular complexity index is 896. The molecule has 0 atom stereocenters. The summed E-state index contributed by atoms with van der Waals surface area (Å²) in [5.74, 6) is -1.52. The number of hydrogen-bond donors (Lipinski definition) is 3. The van der Waals surface area contributed by atoms with Crippen LogP contribution in [0.5, 0.6) is 0 Å². The average molecular weight is 332 g/mol. The number of amides is 1. The van der Waals surface area contributed by atoms with Crippen molar-refractivity contribution >= 4 is 23.3 Å². The van der Waals surface area contributed by atoms with Crippen molar-refractivity contribution in [2.24, 2.45) is 14.1 Å². The second-order valence-electron chi connectivity index (χ2n) is 5.08. The maximum absolute atomic E-state index is 11.9. The van der Waals surface area contributed by atoms with Crippen LogP contribution in [0.25, 0.3) is 0 Å². The van der Waals surface area contributed by atoms with Crippen LogP contribution < -0.4 is 21.9 Å². The van der Waals surface area contributed by atoms with Gasteiger partial charge in [-0.05, 0) is 24.3 Å². The Morgan fingerprint density at radius 3 is 2.33 bits per heavy atom. The van der Waals surface area contributed by atoms with E-state index in [-0.39, 0.29) is 17.8 Å². The van der Waals surface area contributed by atoms with E-state index in [9.17, 15) is 19.2 Å². The smallest absolute Gasteiger partial charge is 0.335 e. The van der Waals surface area contributed by atoms with E-state index in [1.165, 1.54) is 49.1 Å². The van der Waals surface area contributed by atoms with Crippen molar-refractivity contribution in [3.8, 4) is 0 Å². The largest absolute Gasteiger partial charge is 0.478 e. The summed E-state index contributed by atoms with van der Waals surface area (Å²) in [7, 11) is 2.79. The zero-order valence-corrected chi connectivity index (χ0v) is 13.1. The zero-order chi connectivity index (χ0) is 17.9. The van der Waals surface area contributed by atoms with Gasteiger partial charge in [-0.1, -0.05) is 0 Å². The van der Waals surface area contributed by atoms with Crippen LogP contribution in [0.3, 0.4) is 0 Å². The second-order valence-corrected chi connectivity index (χ2v) is 5.08. The lowest BCUT2D eigenvalue weighted by Crippen LogP contribution is -2.39. The lowest BCUT2D eigenvalue weighted by Gasteiger charge is -2.09. The highest BCUT2D eigenvalue weighted by Gasteiger charge is 2.10. The number of nitrogens with zero attached hydrogens (tertiary/aromatic N) is 2. The highest BCUT2D eigenvalue weighted by molar-refractivity contribution is 5.93. The molecule has 2 rings (SSSR count). The third kappa shape index (κ3) is 3.69. The molecule has 0 bridgehead atoms. The van der Waals surface area contributed by atoms with Gasteiger partial charge in [-0.3, -0.25) is 14.2 Å². The van der Waals surface area contributed by atoms with Crippen LogP contribution in [0.1, 0.15) is 10.4 Å². The van der Waals surface area contributed by atoms with Gasteiger partial charge in [-0.15, -0.1) is 0 Å². The molecule has 24 heavy (non-hydrogen) atoms. The van der Waals surface area contributed by atoms with Crippen molar-refractivity contribution in [1.82, 2.24) is 9.13 Å². The summed E-state index contributed by atoms with van der Waals surface area (Å²) in [4.78, 5) is 46.2. The Kier molecular flexibility index (Phi) is 4.83. The molecule has 0 saturated carbocycles. The van der Waals surface area contributed by atoms with Crippen molar-refractivity contribution in [2.75, 3.05) is 17.2 Å². The predicted octanol–water partition coefficient (Wildman–Crippen LogP) is -0.167. The highest BCUT2D eigenvalue weighted by atomic mass is 16.4. The molecular formula is C15H16N4O5. The van der Waals surface area contributed by atoms with Gasteiger partial charge in [-0.25, -0.2) is 9.59 Å². The van der Waals surface area contributed by atoms with Crippen molar-refractivity contribution in [1.29, 1.82) is 0 Å². The van der Waals surface area contributed by atoms with Gasteiger partial charge in [0.2, 0.25) is 5.91 Å². The van der Waals surface area contributed by atoms with E-state index in [1.54, 1.807) is 0 Å². The molecule has 0 aliphatic heterocycles. The van der Waals surface area contributed by atoms with Gasteiger partial charge in [0, 0.05) is 26.0 Å². The topological polar surface area (TPSA) is 122 Å². The zero-order valence-electron chi connectivity index (χ0n) is 13.1. The Hall–Kier alpha value is -3.36. The first-order chi connectivity index (χ1) is 11.3. The minimum Gasteiger partial charge on any atom is -0.478 e. The molecular weight excluding hydrogens is 316 g/mol. The number of carboxylic acids is 1. The Morgan fingerprint density at radius 1 is 1.12 bits per heavy atom. The minimum atomic E-state index is -1.04. The molecule has 0 unspecified atom stereocenters. The molecule has 0 aliphatic carbocycles. The van der Waals surface area contributed by atoms with Crippen LogP contribution in [0.2, 0.25) is 0 Å². The van der Waals surface area contributed by atoms with Crippen molar-refractivity contribution in [3.63, 3.8) is 0 Å². The molecule has 0 fully saturated rings. The fourth-order valence-electron chi connectivity index (χ4n) is 2.00. The molecule has 2 aromatic rings. The number of hydrogen-bond acceptors (Lipinski definition) is 5. The summed E-state index contributed by atoms with van der Waals surface area (Å²) in [6.07, 6.45) is 1.25. The fourth-order valence-corrected chi connectivity index (χ4v) is 2.00. The average Bonchev–Trinajstić information content (AvgIpc) is 2.56. The summed E-state index contributed by atoms with van der Waals surface area (Å²) in [6.45, 7) is -0.127. The lowest BCUT2D eigenvalue weighted by molar-refractivity contribution is -0.114. The normalized spacial score (nSPS) is 10.2. The van der Waals surface area contributed by atoms with Gasteiger partial charge in [0.05, 0.1) is 12.1 Å². The van der Waals surface area contributed by atoms with E-state index in [1.807, 2.05) is 0 Å². The summed E-state index contributed by atoms with van der Waals surface area (Å²) >= 11 is 0. The van der Waals surface area contributed by atoms with E-state index < -0.39 is 23.1 Å². The first-order valence-electron chi connectivity index (χ1n) is 6.93. The predicted molar refractivity (Wildman–Crippen MR) is 87.4 cm³/mol. The molecule has 1 aromatic carbocycles. The van der Waals surface area contributed by atoms with Crippen LogP contribution in [0.15, 0.2) is 40.1 Å². The summed E-state index contributed by atoms with van der Waals surface area (Å²) < 4.78 is 2.09. The van der Waals surface area contributed by atoms with E-state index in [0.717, 1.165) is 4.57 Å². The Morgan fingerprint density at radius 2 is 1.75 bits per heavy atom. The van der Waals surface area contributed by atoms with Gasteiger partial charge < -0.3 is 20.3 Å². The maximum atomic E-state index is 11.9. The summed E-state index contributed by atoms with van der Waals surface area (Å²) in [6, 6.07) is 5.88. The molecule has 0 spiro atoms. The van der Waals surface area contributed by atoms with Crippen molar-refractivity contribution in [3.05, 3.63) is 56.9 Å². The SMILES string of the molecule is Cn1cc(NC(=O)CNc2ccc(C(=O)O)cc2)c(=O)n(C)c1=O. The molecule has 1 amide bonds. The fraction of sp³-hybridized carbons (Fsp3) is 0.200. The Balaban J connectivity index is 2.03. The standard InChI is InChI=1S/C15H16N4O5/c1-18-8-11(13(21)19(2)15(18)24)17-12(20)7-16-10-5-3-9(4-6-10)14(22)23/h3-6,8,16H,7H2,1-2H3,(H,17,20)(H,22,23). The number of carbonyl (C=O) groups is 2. The molecule has 3 N–H and O–H groups in total. The van der Waals surface area contributed by atoms with Crippen LogP contribution in [-0.2, 0) is 18.9 Å². The van der Waals surface area contributed by atoms with Crippen LogP contribution in [0, 0.1) is 0 Å². The molecule has 1 heterocycles. The highest BCUT2D eigenvalue weighted by Crippen LogP contribution is 2.09. The third-order valence-electron chi connectivity index (χ3n) is 3.31. The number of aryl methyl sites for hydroxylation is 1. The van der Waals surface area contributed by atoms with E-state index in [0.29, 0.717) is 5.69 Å². The number of carbonyl (C=O) groups excluding carboxylic acids is 1. The first-order valence-corrected chi connectivity index (χ1v) is 6.93. The van der Waals surface area contributed by atoms with Gasteiger partial charge >= 0.3 is 11.7 Å². The monoisotopic (exact) mass is 332 g/mol. The number of aromatic carboxylic acids is 1. The van der Waals surface area contributed by atoms with Crippen LogP contribution in [0.4, 0.5) is 11.4 Å². The molecule has 9 heteroatoms. The van der Waals surface area contributed by atoms with Crippen molar-refractivity contribution < 1.29 is 14.7 Å². The number of nitrogens with one attached hydrogen (secondary N) is 2. The maximum Gasteiger partial charge on any atom is 0.335 e. The lowest BCUT2D eigenvalue weighted by atomic mass is 10.2. The van der Waals surface area contributed by atoms with Gasteiger partial charge in [-0.2, -0.15) is 0 Å². The molecule has 126 valence electrons. The Labute approximate surface area is 136 Å². The van der Waals surface area contributed by atoms with Crippen LogP contribution in [-0.4, -0.2) is 32.7 Å². The number of benzene rings is 1. The third-order valence-corrected chi connectivity index (χ3v) is 3.31. The summed E-state index contributed by atoms with van der Waals surface area (Å²) in [5.41, 5.74) is -0.401. The van der Waals surface area contributed by atoms with E-state index in [2.05, 4.69) is 10.6 Å². The van der Waals surface area contributed by atoms with Crippen LogP contribution >= 0.6 is 0 Å². The quantitative estimate of drug-likeness (QED) is 0.699. The minimum absolute atomic E-state index is 0.00683. The van der Waals surface area contributed by atoms with E-state index >= 15 is 0 Å². The number of carboxylic acid groups (broad SMARTS) is 1.